The number of carboxylic acid groups (broad SMARTS) is 1. The Balaban J connectivity index is 1.95. The summed E-state index contributed by atoms with van der Waals surface area (Å²) in [5.74, 6) is 0.171. The average Bonchev–Trinajstić information content (AvgIpc) is 2.56. The fraction of sp³-hybridized carbons (Fsp3) is 0.579. The quantitative estimate of drug-likeness (QED) is 0.527. The third kappa shape index (κ3) is 9.01. The van der Waals surface area contributed by atoms with Crippen LogP contribution in [0.15, 0.2) is 24.3 Å². The van der Waals surface area contributed by atoms with Gasteiger partial charge in [-0.15, -0.1) is 0 Å². The van der Waals surface area contributed by atoms with E-state index in [2.05, 4.69) is 0 Å². The number of hydrogen-bond acceptors (Lipinski definition) is 3. The maximum absolute atomic E-state index is 11.1. The van der Waals surface area contributed by atoms with Gasteiger partial charge in [0.05, 0.1) is 12.2 Å². The van der Waals surface area contributed by atoms with Crippen molar-refractivity contribution in [1.82, 2.24) is 0 Å². The van der Waals surface area contributed by atoms with Crippen LogP contribution >= 0.6 is 0 Å². The van der Waals surface area contributed by atoms with Gasteiger partial charge in [-0.05, 0) is 37.1 Å². The number of carbonyl (C=O) groups is 2. The fourth-order valence-corrected chi connectivity index (χ4v) is 2.37. The molecule has 0 aromatic heterocycles. The summed E-state index contributed by atoms with van der Waals surface area (Å²) >= 11 is 0. The molecule has 4 heteroatoms. The van der Waals surface area contributed by atoms with Crippen LogP contribution in [0.3, 0.4) is 0 Å². The Bertz CT molecular complexity index is 465. The lowest BCUT2D eigenvalue weighted by Crippen LogP contribution is -1.99. The van der Waals surface area contributed by atoms with E-state index in [9.17, 15) is 9.59 Å². The third-order valence-electron chi connectivity index (χ3n) is 3.86. The van der Waals surface area contributed by atoms with E-state index >= 15 is 0 Å². The molecule has 23 heavy (non-hydrogen) atoms. The van der Waals surface area contributed by atoms with E-state index in [0.29, 0.717) is 18.8 Å². The lowest BCUT2D eigenvalue weighted by molar-refractivity contribution is -0.118. The van der Waals surface area contributed by atoms with Crippen LogP contribution in [0.2, 0.25) is 0 Å². The second-order valence-corrected chi connectivity index (χ2v) is 5.80. The van der Waals surface area contributed by atoms with E-state index in [4.69, 9.17) is 9.84 Å². The Morgan fingerprint density at radius 2 is 1.48 bits per heavy atom. The van der Waals surface area contributed by atoms with E-state index in [-0.39, 0.29) is 5.56 Å². The van der Waals surface area contributed by atoms with Crippen LogP contribution in [0.4, 0.5) is 0 Å². The first kappa shape index (κ1) is 19.2. The summed E-state index contributed by atoms with van der Waals surface area (Å²) in [7, 11) is 0. The van der Waals surface area contributed by atoms with Gasteiger partial charge in [-0.2, -0.15) is 0 Å². The van der Waals surface area contributed by atoms with E-state index in [0.717, 1.165) is 37.9 Å². The van der Waals surface area contributed by atoms with Gasteiger partial charge in [0.1, 0.15) is 11.5 Å². The highest BCUT2D eigenvalue weighted by molar-refractivity contribution is 5.87. The number of carboxylic acids is 1. The molecule has 0 unspecified atom stereocenters. The highest BCUT2D eigenvalue weighted by Gasteiger charge is 2.02. The highest BCUT2D eigenvalue weighted by Crippen LogP contribution is 2.14. The average molecular weight is 320 g/mol. The second-order valence-electron chi connectivity index (χ2n) is 5.80. The molecular formula is C19H28O4. The van der Waals surface area contributed by atoms with Crippen molar-refractivity contribution in [2.45, 2.75) is 64.7 Å². The van der Waals surface area contributed by atoms with Crippen molar-refractivity contribution >= 4 is 11.8 Å². The van der Waals surface area contributed by atoms with Gasteiger partial charge >= 0.3 is 5.97 Å². The molecule has 0 spiro atoms. The number of ether oxygens (including phenoxy) is 1. The van der Waals surface area contributed by atoms with Crippen molar-refractivity contribution < 1.29 is 19.4 Å². The van der Waals surface area contributed by atoms with Gasteiger partial charge in [0.25, 0.3) is 0 Å². The first-order chi connectivity index (χ1) is 11.1. The Kier molecular flexibility index (Phi) is 9.76. The van der Waals surface area contributed by atoms with Gasteiger partial charge in [-0.1, -0.05) is 39.0 Å². The van der Waals surface area contributed by atoms with Crippen LogP contribution in [-0.4, -0.2) is 23.5 Å². The molecule has 0 fully saturated rings. The molecule has 0 radical (unpaired) electrons. The zero-order valence-corrected chi connectivity index (χ0v) is 14.1. The molecule has 0 aliphatic heterocycles. The molecule has 1 N–H and O–H groups in total. The number of benzene rings is 1. The minimum absolute atomic E-state index is 0.276. The molecule has 0 saturated heterocycles. The molecule has 1 rings (SSSR count). The second kappa shape index (κ2) is 11.7. The number of aromatic carboxylic acids is 1. The first-order valence-corrected chi connectivity index (χ1v) is 8.61. The van der Waals surface area contributed by atoms with Gasteiger partial charge in [-0.25, -0.2) is 4.79 Å². The normalized spacial score (nSPS) is 10.5. The van der Waals surface area contributed by atoms with E-state index in [1.54, 1.807) is 24.3 Å². The van der Waals surface area contributed by atoms with E-state index in [1.807, 2.05) is 6.92 Å². The molecule has 0 amide bonds. The zero-order chi connectivity index (χ0) is 16.9. The van der Waals surface area contributed by atoms with Gasteiger partial charge in [0.2, 0.25) is 0 Å². The smallest absolute Gasteiger partial charge is 0.335 e. The van der Waals surface area contributed by atoms with Crippen LogP contribution in [0.25, 0.3) is 0 Å². The van der Waals surface area contributed by atoms with Crippen LogP contribution < -0.4 is 4.74 Å². The minimum Gasteiger partial charge on any atom is -0.494 e. The molecule has 4 nitrogen and oxygen atoms in total. The number of carbonyl (C=O) groups excluding carboxylic acids is 1. The maximum Gasteiger partial charge on any atom is 0.335 e. The van der Waals surface area contributed by atoms with Crippen LogP contribution in [-0.2, 0) is 4.79 Å². The molecule has 128 valence electrons. The van der Waals surface area contributed by atoms with E-state index in [1.165, 1.54) is 19.3 Å². The van der Waals surface area contributed by atoms with Gasteiger partial charge in [0, 0.05) is 12.8 Å². The summed E-state index contributed by atoms with van der Waals surface area (Å²) in [4.78, 5) is 21.9. The van der Waals surface area contributed by atoms with Crippen molar-refractivity contribution in [2.75, 3.05) is 6.61 Å². The largest absolute Gasteiger partial charge is 0.494 e. The highest BCUT2D eigenvalue weighted by atomic mass is 16.5. The minimum atomic E-state index is -0.921. The predicted molar refractivity (Wildman–Crippen MR) is 91.1 cm³/mol. The molecule has 1 aromatic rings. The van der Waals surface area contributed by atoms with Crippen LogP contribution in [0.5, 0.6) is 5.75 Å². The first-order valence-electron chi connectivity index (χ1n) is 8.61. The van der Waals surface area contributed by atoms with Gasteiger partial charge in [0.15, 0.2) is 0 Å². The monoisotopic (exact) mass is 320 g/mol. The van der Waals surface area contributed by atoms with Crippen LogP contribution in [0.1, 0.15) is 75.1 Å². The van der Waals surface area contributed by atoms with Crippen molar-refractivity contribution in [1.29, 1.82) is 0 Å². The number of rotatable bonds is 13. The summed E-state index contributed by atoms with van der Waals surface area (Å²) < 4.78 is 5.59. The summed E-state index contributed by atoms with van der Waals surface area (Å²) in [6.07, 6.45) is 9.35. The van der Waals surface area contributed by atoms with Gasteiger partial charge < -0.3 is 9.84 Å². The molecule has 0 bridgehead atoms. The van der Waals surface area contributed by atoms with Crippen molar-refractivity contribution in [3.05, 3.63) is 29.8 Å². The summed E-state index contributed by atoms with van der Waals surface area (Å²) in [6.45, 7) is 2.59. The zero-order valence-electron chi connectivity index (χ0n) is 14.1. The van der Waals surface area contributed by atoms with Gasteiger partial charge in [-0.3, -0.25) is 4.79 Å². The molecule has 0 saturated carbocycles. The van der Waals surface area contributed by atoms with Crippen LogP contribution in [0, 0.1) is 0 Å². The fourth-order valence-electron chi connectivity index (χ4n) is 2.37. The maximum atomic E-state index is 11.1. The number of hydrogen-bond donors (Lipinski definition) is 1. The Hall–Kier alpha value is -1.84. The number of Topliss-reactive ketones (excluding diaryl/α,β-unsaturated/α-hetero) is 1. The van der Waals surface area contributed by atoms with Crippen molar-refractivity contribution in [2.24, 2.45) is 0 Å². The molecule has 0 atom stereocenters. The number of ketones is 1. The Morgan fingerprint density at radius 3 is 2.04 bits per heavy atom. The Morgan fingerprint density at radius 1 is 0.913 bits per heavy atom. The van der Waals surface area contributed by atoms with E-state index < -0.39 is 5.97 Å². The molecule has 0 aliphatic carbocycles. The Labute approximate surface area is 138 Å². The topological polar surface area (TPSA) is 63.6 Å². The molecular weight excluding hydrogens is 292 g/mol. The lowest BCUT2D eigenvalue weighted by Gasteiger charge is -2.06. The summed E-state index contributed by atoms with van der Waals surface area (Å²) in [5.41, 5.74) is 0.276. The lowest BCUT2D eigenvalue weighted by atomic mass is 10.1. The standard InChI is InChI=1S/C19H28O4/c1-2-17(20)10-8-6-4-3-5-7-9-15-23-18-13-11-16(12-14-18)19(21)22/h11-14H,2-10,15H2,1H3,(H,21,22). The molecule has 1 aromatic carbocycles. The van der Waals surface area contributed by atoms with Crippen molar-refractivity contribution in [3.63, 3.8) is 0 Å². The van der Waals surface area contributed by atoms with Crippen molar-refractivity contribution in [3.8, 4) is 5.75 Å². The predicted octanol–water partition coefficient (Wildman–Crippen LogP) is 4.86. The number of unbranched alkanes of at least 4 members (excludes halogenated alkanes) is 6. The molecule has 0 aliphatic rings. The summed E-state index contributed by atoms with van der Waals surface area (Å²) in [5, 5.41) is 8.81. The SMILES string of the molecule is CCC(=O)CCCCCCCCCOc1ccc(C(=O)O)cc1. The summed E-state index contributed by atoms with van der Waals surface area (Å²) in [6, 6.07) is 6.50. The molecule has 0 heterocycles. The third-order valence-corrected chi connectivity index (χ3v) is 3.86.